The van der Waals surface area contributed by atoms with E-state index >= 15 is 0 Å². The molecule has 7 atom stereocenters. The fourth-order valence-corrected chi connectivity index (χ4v) is 7.26. The second-order valence-electron chi connectivity index (χ2n) is 9.69. The molecule has 0 radical (unpaired) electrons. The van der Waals surface area contributed by atoms with Gasteiger partial charge in [0.25, 0.3) is 0 Å². The van der Waals surface area contributed by atoms with E-state index in [4.69, 9.17) is 0 Å². The van der Waals surface area contributed by atoms with Crippen molar-refractivity contribution in [3.05, 3.63) is 11.6 Å². The SMILES string of the molecule is C[C@@H]1CC2=CC(=O)CC[C@]2(CO)[C@H]2CC[C@@]3(C)[C@@H](CC[C@]3(C)O)[C@H]12. The standard InChI is InChI=1S/C21H32O3/c1-13-10-14-11-15(23)4-9-21(14,12-22)17-5-7-19(2)16(18(13)17)6-8-20(19,3)24/h11,13,16-18,22,24H,4-10,12H2,1-3H3/t13-,16+,17+,18+,19+,20+,21-/m1/s1. The second kappa shape index (κ2) is 5.17. The topological polar surface area (TPSA) is 57.5 Å². The Morgan fingerprint density at radius 2 is 1.88 bits per heavy atom. The molecule has 0 saturated heterocycles. The number of aliphatic hydroxyl groups is 2. The van der Waals surface area contributed by atoms with E-state index in [1.165, 1.54) is 5.57 Å². The maximum atomic E-state index is 12.0. The lowest BCUT2D eigenvalue weighted by Gasteiger charge is -2.61. The molecule has 3 nitrogen and oxygen atoms in total. The van der Waals surface area contributed by atoms with E-state index in [2.05, 4.69) is 13.8 Å². The van der Waals surface area contributed by atoms with Gasteiger partial charge in [-0.1, -0.05) is 19.4 Å². The van der Waals surface area contributed by atoms with Crippen molar-refractivity contribution < 1.29 is 15.0 Å². The summed E-state index contributed by atoms with van der Waals surface area (Å²) in [4.78, 5) is 12.0. The lowest BCUT2D eigenvalue weighted by atomic mass is 9.44. The van der Waals surface area contributed by atoms with Gasteiger partial charge in [-0.25, -0.2) is 0 Å². The summed E-state index contributed by atoms with van der Waals surface area (Å²) >= 11 is 0. The minimum atomic E-state index is -0.562. The summed E-state index contributed by atoms with van der Waals surface area (Å²) in [5, 5.41) is 21.4. The molecule has 0 bridgehead atoms. The van der Waals surface area contributed by atoms with Gasteiger partial charge >= 0.3 is 0 Å². The second-order valence-corrected chi connectivity index (χ2v) is 9.69. The van der Waals surface area contributed by atoms with Gasteiger partial charge in [0.05, 0.1) is 12.2 Å². The Morgan fingerprint density at radius 3 is 2.58 bits per heavy atom. The molecule has 0 aromatic heterocycles. The first kappa shape index (κ1) is 16.8. The first-order valence-corrected chi connectivity index (χ1v) is 9.82. The van der Waals surface area contributed by atoms with Gasteiger partial charge in [0.15, 0.2) is 5.78 Å². The molecule has 24 heavy (non-hydrogen) atoms. The number of hydrogen-bond acceptors (Lipinski definition) is 3. The minimum Gasteiger partial charge on any atom is -0.395 e. The Balaban J connectivity index is 1.77. The van der Waals surface area contributed by atoms with E-state index in [1.807, 2.05) is 13.0 Å². The normalized spacial score (nSPS) is 53.9. The molecule has 0 aromatic carbocycles. The van der Waals surface area contributed by atoms with Crippen LogP contribution in [-0.2, 0) is 4.79 Å². The van der Waals surface area contributed by atoms with Crippen molar-refractivity contribution in [3.8, 4) is 0 Å². The van der Waals surface area contributed by atoms with Crippen molar-refractivity contribution in [1.29, 1.82) is 0 Å². The van der Waals surface area contributed by atoms with Crippen LogP contribution in [0.4, 0.5) is 0 Å². The van der Waals surface area contributed by atoms with Crippen LogP contribution >= 0.6 is 0 Å². The van der Waals surface area contributed by atoms with Crippen LogP contribution < -0.4 is 0 Å². The Bertz CT molecular complexity index is 592. The lowest BCUT2D eigenvalue weighted by molar-refractivity contribution is -0.140. The molecule has 4 aliphatic rings. The Hall–Kier alpha value is -0.670. The number of ketones is 1. The van der Waals surface area contributed by atoms with Crippen molar-refractivity contribution in [2.24, 2.45) is 34.5 Å². The third kappa shape index (κ3) is 1.94. The van der Waals surface area contributed by atoms with Crippen LogP contribution in [0.25, 0.3) is 0 Å². The summed E-state index contributed by atoms with van der Waals surface area (Å²) in [5.41, 5.74) is 0.502. The van der Waals surface area contributed by atoms with Crippen LogP contribution in [0.5, 0.6) is 0 Å². The van der Waals surface area contributed by atoms with Crippen LogP contribution in [-0.4, -0.2) is 28.2 Å². The number of hydrogen-bond donors (Lipinski definition) is 2. The van der Waals surface area contributed by atoms with Crippen LogP contribution in [0.1, 0.15) is 65.7 Å². The monoisotopic (exact) mass is 332 g/mol. The molecule has 134 valence electrons. The van der Waals surface area contributed by atoms with Crippen molar-refractivity contribution in [3.63, 3.8) is 0 Å². The van der Waals surface area contributed by atoms with E-state index in [0.717, 1.165) is 38.5 Å². The number of carbonyl (C=O) groups excluding carboxylic acids is 1. The molecule has 2 N–H and O–H groups in total. The summed E-state index contributed by atoms with van der Waals surface area (Å²) in [7, 11) is 0. The van der Waals surface area contributed by atoms with Gasteiger partial charge in [-0.3, -0.25) is 4.79 Å². The van der Waals surface area contributed by atoms with Crippen molar-refractivity contribution >= 4 is 5.78 Å². The fourth-order valence-electron chi connectivity index (χ4n) is 7.26. The molecule has 0 spiro atoms. The van der Waals surface area contributed by atoms with Gasteiger partial charge < -0.3 is 10.2 Å². The molecule has 0 heterocycles. The van der Waals surface area contributed by atoms with Gasteiger partial charge in [0.1, 0.15) is 0 Å². The number of carbonyl (C=O) groups is 1. The summed E-state index contributed by atoms with van der Waals surface area (Å²) < 4.78 is 0. The van der Waals surface area contributed by atoms with Crippen molar-refractivity contribution in [1.82, 2.24) is 0 Å². The van der Waals surface area contributed by atoms with E-state index in [1.54, 1.807) is 0 Å². The fraction of sp³-hybridized carbons (Fsp3) is 0.857. The molecule has 3 saturated carbocycles. The molecule has 0 amide bonds. The van der Waals surface area contributed by atoms with E-state index < -0.39 is 5.60 Å². The van der Waals surface area contributed by atoms with Crippen LogP contribution in [0.2, 0.25) is 0 Å². The average Bonchev–Trinajstić information content (AvgIpc) is 2.77. The molecular weight excluding hydrogens is 300 g/mol. The molecule has 0 aromatic rings. The molecule has 0 aliphatic heterocycles. The third-order valence-corrected chi connectivity index (χ3v) is 8.88. The summed E-state index contributed by atoms with van der Waals surface area (Å²) in [6, 6.07) is 0. The smallest absolute Gasteiger partial charge is 0.155 e. The van der Waals surface area contributed by atoms with Gasteiger partial charge in [0.2, 0.25) is 0 Å². The lowest BCUT2D eigenvalue weighted by Crippen LogP contribution is -2.57. The first-order valence-electron chi connectivity index (χ1n) is 9.82. The van der Waals surface area contributed by atoms with Gasteiger partial charge in [0, 0.05) is 11.8 Å². The maximum absolute atomic E-state index is 12.0. The van der Waals surface area contributed by atoms with Crippen LogP contribution in [0.15, 0.2) is 11.6 Å². The van der Waals surface area contributed by atoms with Crippen molar-refractivity contribution in [2.45, 2.75) is 71.3 Å². The van der Waals surface area contributed by atoms with Gasteiger partial charge in [-0.05, 0) is 80.6 Å². The number of aliphatic hydroxyl groups excluding tert-OH is 1. The van der Waals surface area contributed by atoms with E-state index in [9.17, 15) is 15.0 Å². The first-order chi connectivity index (χ1) is 11.2. The summed E-state index contributed by atoms with van der Waals surface area (Å²) in [6.45, 7) is 6.85. The largest absolute Gasteiger partial charge is 0.395 e. The zero-order valence-electron chi connectivity index (χ0n) is 15.3. The van der Waals surface area contributed by atoms with Crippen molar-refractivity contribution in [2.75, 3.05) is 6.61 Å². The zero-order valence-corrected chi connectivity index (χ0v) is 15.3. The van der Waals surface area contributed by atoms with E-state index in [-0.39, 0.29) is 23.2 Å². The van der Waals surface area contributed by atoms with Gasteiger partial charge in [-0.2, -0.15) is 0 Å². The molecule has 0 unspecified atom stereocenters. The van der Waals surface area contributed by atoms with Gasteiger partial charge in [-0.15, -0.1) is 0 Å². The number of rotatable bonds is 1. The predicted octanol–water partition coefficient (Wildman–Crippen LogP) is 3.49. The molecule has 4 aliphatic carbocycles. The quantitative estimate of drug-likeness (QED) is 0.773. The number of fused-ring (bicyclic) bond motifs is 5. The predicted molar refractivity (Wildman–Crippen MR) is 93.3 cm³/mol. The highest BCUT2D eigenvalue weighted by atomic mass is 16.3. The maximum Gasteiger partial charge on any atom is 0.155 e. The van der Waals surface area contributed by atoms with E-state index in [0.29, 0.717) is 30.1 Å². The molecular formula is C21H32O3. The highest BCUT2D eigenvalue weighted by Crippen LogP contribution is 2.68. The highest BCUT2D eigenvalue weighted by molar-refractivity contribution is 5.91. The zero-order chi connectivity index (χ0) is 17.3. The Kier molecular flexibility index (Phi) is 3.61. The average molecular weight is 332 g/mol. The molecule has 4 rings (SSSR count). The summed E-state index contributed by atoms with van der Waals surface area (Å²) in [6.07, 6.45) is 8.34. The van der Waals surface area contributed by atoms with Crippen LogP contribution in [0.3, 0.4) is 0 Å². The molecule has 3 fully saturated rings. The Labute approximate surface area is 145 Å². The minimum absolute atomic E-state index is 0.00474. The summed E-state index contributed by atoms with van der Waals surface area (Å²) in [5.74, 6) is 2.35. The third-order valence-electron chi connectivity index (χ3n) is 8.88. The highest BCUT2D eigenvalue weighted by Gasteiger charge is 2.64. The Morgan fingerprint density at radius 1 is 1.17 bits per heavy atom. The molecule has 3 heteroatoms. The van der Waals surface area contributed by atoms with Crippen LogP contribution in [0, 0.1) is 34.5 Å².